The number of aliphatic hydroxyl groups excluding tert-OH is 1. The number of hydrogen-bond donors (Lipinski definition) is 1. The summed E-state index contributed by atoms with van der Waals surface area (Å²) in [5.41, 5.74) is 3.80. The summed E-state index contributed by atoms with van der Waals surface area (Å²) >= 11 is 15.0. The fourth-order valence-electron chi connectivity index (χ4n) is 5.24. The van der Waals surface area contributed by atoms with E-state index in [1.54, 1.807) is 36.4 Å². The van der Waals surface area contributed by atoms with Gasteiger partial charge in [0.25, 0.3) is 5.78 Å². The van der Waals surface area contributed by atoms with Crippen molar-refractivity contribution in [2.75, 3.05) is 11.5 Å². The molecule has 2 aromatic carbocycles. The van der Waals surface area contributed by atoms with Gasteiger partial charge in [0.05, 0.1) is 23.9 Å². The van der Waals surface area contributed by atoms with Crippen LogP contribution in [0.15, 0.2) is 70.7 Å². The number of carbonyl (C=O) groups excluding carboxylic acids is 2. The molecule has 1 fully saturated rings. The number of fused-ring (bicyclic) bond motifs is 1. The Morgan fingerprint density at radius 2 is 1.87 bits per heavy atom. The third kappa shape index (κ3) is 6.12. The number of nitrogens with zero attached hydrogens (tertiary/aromatic N) is 5. The van der Waals surface area contributed by atoms with Crippen LogP contribution in [-0.4, -0.2) is 43.0 Å². The van der Waals surface area contributed by atoms with Crippen LogP contribution in [-0.2, 0) is 15.3 Å². The lowest BCUT2D eigenvalue weighted by Crippen LogP contribution is -2.29. The van der Waals surface area contributed by atoms with Crippen molar-refractivity contribution in [3.05, 3.63) is 104 Å². The number of aryl methyl sites for hydroxylation is 2. The Labute approximate surface area is 283 Å². The van der Waals surface area contributed by atoms with Crippen molar-refractivity contribution in [2.45, 2.75) is 49.7 Å². The zero-order valence-corrected chi connectivity index (χ0v) is 28.3. The van der Waals surface area contributed by atoms with E-state index >= 15 is 0 Å². The minimum atomic E-state index is -0.980. The minimum Gasteiger partial charge on any atom is -0.505 e. The lowest BCUT2D eigenvalue weighted by atomic mass is 9.96. The van der Waals surface area contributed by atoms with E-state index in [1.807, 2.05) is 42.6 Å². The molecule has 9 nitrogen and oxygen atoms in total. The van der Waals surface area contributed by atoms with Gasteiger partial charge >= 0.3 is 5.91 Å². The normalized spacial score (nSPS) is 16.1. The molecule has 6 rings (SSSR count). The van der Waals surface area contributed by atoms with E-state index in [2.05, 4.69) is 22.1 Å². The second kappa shape index (κ2) is 13.4. The predicted octanol–water partition coefficient (Wildman–Crippen LogP) is 8.21. The molecular weight excluding hydrogens is 665 g/mol. The van der Waals surface area contributed by atoms with Gasteiger partial charge in [-0.1, -0.05) is 83.9 Å². The maximum absolute atomic E-state index is 13.8. The van der Waals surface area contributed by atoms with Gasteiger partial charge in [-0.2, -0.15) is 0 Å². The number of ketones is 1. The second-order valence-corrected chi connectivity index (χ2v) is 13.8. The molecule has 0 aliphatic carbocycles. The van der Waals surface area contributed by atoms with Crippen molar-refractivity contribution in [1.82, 2.24) is 19.6 Å². The lowest BCUT2D eigenvalue weighted by Gasteiger charge is -2.22. The Kier molecular flexibility index (Phi) is 9.37. The monoisotopic (exact) mass is 693 g/mol. The number of hydrogen-bond acceptors (Lipinski definition) is 9. The number of pyridine rings is 1. The molecule has 236 valence electrons. The first-order valence-corrected chi connectivity index (χ1v) is 17.1. The van der Waals surface area contributed by atoms with Crippen molar-refractivity contribution in [3.63, 3.8) is 0 Å². The van der Waals surface area contributed by atoms with Crippen molar-refractivity contribution in [1.29, 1.82) is 0 Å². The number of anilines is 1. The Morgan fingerprint density at radius 3 is 2.59 bits per heavy atom. The quantitative estimate of drug-likeness (QED) is 0.0389. The van der Waals surface area contributed by atoms with Gasteiger partial charge in [-0.25, -0.2) is 4.98 Å². The lowest BCUT2D eigenvalue weighted by molar-refractivity contribution is -0.132. The van der Waals surface area contributed by atoms with E-state index in [-0.39, 0.29) is 22.2 Å². The molecule has 5 aromatic rings. The van der Waals surface area contributed by atoms with Crippen molar-refractivity contribution in [3.8, 4) is 5.75 Å². The Balaban J connectivity index is 1.40. The summed E-state index contributed by atoms with van der Waals surface area (Å²) in [6.07, 6.45) is 3.76. The van der Waals surface area contributed by atoms with Gasteiger partial charge in [0.15, 0.2) is 10.1 Å². The van der Waals surface area contributed by atoms with E-state index in [0.29, 0.717) is 49.4 Å². The van der Waals surface area contributed by atoms with E-state index in [9.17, 15) is 14.7 Å². The fourth-order valence-corrected chi connectivity index (χ4v) is 7.66. The van der Waals surface area contributed by atoms with Crippen LogP contribution in [0.4, 0.5) is 5.13 Å². The molecule has 13 heteroatoms. The number of carbonyl (C=O) groups is 2. The van der Waals surface area contributed by atoms with Crippen LogP contribution in [0.2, 0.25) is 10.0 Å². The maximum Gasteiger partial charge on any atom is 0.301 e. The first-order valence-electron chi connectivity index (χ1n) is 14.6. The number of unbranched alkanes of at least 4 members (excludes halogenated alkanes) is 1. The topological polar surface area (TPSA) is 110 Å². The molecule has 1 saturated heterocycles. The van der Waals surface area contributed by atoms with E-state index in [4.69, 9.17) is 27.9 Å². The highest BCUT2D eigenvalue weighted by Crippen LogP contribution is 2.44. The van der Waals surface area contributed by atoms with E-state index in [1.165, 1.54) is 28.0 Å². The summed E-state index contributed by atoms with van der Waals surface area (Å²) in [5.74, 6) is -0.849. The van der Waals surface area contributed by atoms with Gasteiger partial charge < -0.3 is 14.2 Å². The highest BCUT2D eigenvalue weighted by Gasteiger charge is 2.49. The van der Waals surface area contributed by atoms with E-state index < -0.39 is 17.7 Å². The molecule has 4 heterocycles. The fraction of sp³-hybridized carbons (Fsp3) is 0.242. The third-order valence-electron chi connectivity index (χ3n) is 7.68. The number of imidazole rings is 1. The number of ether oxygens (including phenoxy) is 1. The Bertz CT molecular complexity index is 1990. The van der Waals surface area contributed by atoms with Crippen LogP contribution in [0.3, 0.4) is 0 Å². The molecule has 0 saturated carbocycles. The number of amides is 1. The largest absolute Gasteiger partial charge is 0.505 e. The summed E-state index contributed by atoms with van der Waals surface area (Å²) in [4.78, 5) is 33.5. The average Bonchev–Trinajstić information content (AvgIpc) is 3.72. The average molecular weight is 695 g/mol. The zero-order valence-electron chi connectivity index (χ0n) is 25.2. The van der Waals surface area contributed by atoms with Crippen LogP contribution in [0.1, 0.15) is 53.9 Å². The number of aromatic nitrogens is 4. The molecule has 1 aliphatic rings. The predicted molar refractivity (Wildman–Crippen MR) is 182 cm³/mol. The Hall–Kier alpha value is -3.90. The molecule has 0 spiro atoms. The van der Waals surface area contributed by atoms with Crippen molar-refractivity contribution < 1.29 is 19.4 Å². The molecule has 1 N–H and O–H groups in total. The van der Waals surface area contributed by atoms with Gasteiger partial charge in [-0.05, 0) is 67.3 Å². The number of benzene rings is 2. The van der Waals surface area contributed by atoms with Gasteiger partial charge in [0.2, 0.25) is 5.13 Å². The molecule has 1 amide bonds. The zero-order chi connectivity index (χ0) is 32.5. The van der Waals surface area contributed by atoms with Crippen LogP contribution in [0, 0.1) is 13.8 Å². The second-order valence-electron chi connectivity index (χ2n) is 10.7. The molecule has 3 aromatic heterocycles. The van der Waals surface area contributed by atoms with Crippen molar-refractivity contribution >= 4 is 74.5 Å². The maximum atomic E-state index is 13.8. The number of rotatable bonds is 10. The molecule has 0 radical (unpaired) electrons. The van der Waals surface area contributed by atoms with Crippen LogP contribution < -0.4 is 9.64 Å². The summed E-state index contributed by atoms with van der Waals surface area (Å²) in [6.45, 7) is 6.39. The molecular formula is C33H29Cl2N5O4S2. The van der Waals surface area contributed by atoms with Crippen LogP contribution in [0.5, 0.6) is 5.75 Å². The number of halogens is 2. The first kappa shape index (κ1) is 32.1. The summed E-state index contributed by atoms with van der Waals surface area (Å²) in [5, 5.41) is 21.7. The highest BCUT2D eigenvalue weighted by atomic mass is 35.5. The van der Waals surface area contributed by atoms with Crippen LogP contribution >= 0.6 is 46.3 Å². The molecule has 1 atom stereocenters. The molecule has 0 bridgehead atoms. The van der Waals surface area contributed by atoms with Crippen LogP contribution in [0.25, 0.3) is 11.4 Å². The van der Waals surface area contributed by atoms with E-state index in [0.717, 1.165) is 24.0 Å². The third-order valence-corrected chi connectivity index (χ3v) is 10.4. The van der Waals surface area contributed by atoms with Gasteiger partial charge in [-0.3, -0.25) is 14.5 Å². The van der Waals surface area contributed by atoms with Gasteiger partial charge in [0.1, 0.15) is 17.1 Å². The smallest absolute Gasteiger partial charge is 0.301 e. The number of Topliss-reactive ketones (excluding diaryl/α,β-unsaturated/α-hetero) is 1. The standard InChI is InChI=1S/C33H29Cl2N5O4S2/c1-4-5-15-44-23-12-9-20(10-13-23)27-25(28(41)26-19(3)39-14-6-7-18(2)30(39)36-26)29(42)31(43)40(27)32-37-38-33(46-32)45-17-21-8-11-22(34)16-24(21)35/h6-14,16,27,41H,4-5,15,17H2,1-3H3/b28-25+. The number of thioether (sulfide) groups is 1. The first-order chi connectivity index (χ1) is 22.2. The molecule has 1 aliphatic heterocycles. The summed E-state index contributed by atoms with van der Waals surface area (Å²) in [7, 11) is 0. The minimum absolute atomic E-state index is 0.0776. The molecule has 1 unspecified atom stereocenters. The summed E-state index contributed by atoms with van der Waals surface area (Å²) in [6, 6.07) is 15.3. The van der Waals surface area contributed by atoms with Gasteiger partial charge in [0, 0.05) is 22.0 Å². The molecule has 46 heavy (non-hydrogen) atoms. The summed E-state index contributed by atoms with van der Waals surface area (Å²) < 4.78 is 8.27. The van der Waals surface area contributed by atoms with Gasteiger partial charge in [-0.15, -0.1) is 10.2 Å². The highest BCUT2D eigenvalue weighted by molar-refractivity contribution is 8.00. The SMILES string of the molecule is CCCCOc1ccc(C2/C(=C(\O)c3nc4c(C)cccn4c3C)C(=O)C(=O)N2c2nnc(SCc3ccc(Cl)cc3Cl)s2)cc1. The van der Waals surface area contributed by atoms with Crippen molar-refractivity contribution in [2.24, 2.45) is 0 Å². The Morgan fingerprint density at radius 1 is 1.09 bits per heavy atom. The number of aliphatic hydroxyl groups is 1.